The van der Waals surface area contributed by atoms with Crippen molar-refractivity contribution in [3.8, 4) is 0 Å². The molecular weight excluding hydrogens is 130 g/mol. The highest BCUT2D eigenvalue weighted by Crippen LogP contribution is 2.05. The normalized spacial score (nSPS) is 18.3. The van der Waals surface area contributed by atoms with Crippen molar-refractivity contribution in [2.75, 3.05) is 0 Å². The Kier molecular flexibility index (Phi) is 3.39. The van der Waals surface area contributed by atoms with Gasteiger partial charge in [-0.15, -0.1) is 0 Å². The zero-order chi connectivity index (χ0) is 7.49. The third-order valence-corrected chi connectivity index (χ3v) is 2.15. The van der Waals surface area contributed by atoms with Crippen LogP contribution < -0.4 is 5.73 Å². The van der Waals surface area contributed by atoms with Crippen molar-refractivity contribution in [2.24, 2.45) is 5.73 Å². The molecule has 3 heteroatoms. The second-order valence-electron chi connectivity index (χ2n) is 2.83. The average Bonchev–Trinajstić information content (AvgIpc) is 1.63. The summed E-state index contributed by atoms with van der Waals surface area (Å²) in [7, 11) is 0.902. The summed E-state index contributed by atoms with van der Waals surface area (Å²) in [5.41, 5.74) is 5.76. The molecule has 0 aromatic rings. The van der Waals surface area contributed by atoms with E-state index in [2.05, 4.69) is 6.92 Å². The highest BCUT2D eigenvalue weighted by Gasteiger charge is 2.16. The van der Waals surface area contributed by atoms with E-state index in [9.17, 15) is 0 Å². The first-order valence-electron chi connectivity index (χ1n) is 3.44. The van der Waals surface area contributed by atoms with E-state index in [-0.39, 0.29) is 11.5 Å². The zero-order valence-electron chi connectivity index (χ0n) is 6.77. The van der Waals surface area contributed by atoms with Gasteiger partial charge < -0.3 is 10.5 Å². The molecule has 1 atom stereocenters. The van der Waals surface area contributed by atoms with Crippen LogP contribution in [0.15, 0.2) is 0 Å². The Bertz CT molecular complexity index is 83.1. The fourth-order valence-corrected chi connectivity index (χ4v) is 1.09. The minimum atomic E-state index is -0.297. The quantitative estimate of drug-likeness (QED) is 0.443. The summed E-state index contributed by atoms with van der Waals surface area (Å²) < 4.78 is 5.43. The van der Waals surface area contributed by atoms with E-state index in [0.29, 0.717) is 0 Å². The second-order valence-corrected chi connectivity index (χ2v) is 4.53. The molecule has 2 nitrogen and oxygen atoms in total. The highest BCUT2D eigenvalue weighted by molar-refractivity contribution is 6.13. The molecule has 2 N–H and O–H groups in total. The van der Waals surface area contributed by atoms with Crippen LogP contribution in [-0.2, 0) is 4.74 Å². The highest BCUT2D eigenvalue weighted by atomic mass is 28.1. The summed E-state index contributed by atoms with van der Waals surface area (Å²) in [4.78, 5) is 0. The van der Waals surface area contributed by atoms with Gasteiger partial charge in [0.2, 0.25) is 0 Å². The molecule has 1 unspecified atom stereocenters. The SMILES string of the molecule is CCC(N)([SiH3])OC(C)C. The third kappa shape index (κ3) is 4.63. The van der Waals surface area contributed by atoms with Crippen LogP contribution in [0.4, 0.5) is 0 Å². The Morgan fingerprint density at radius 1 is 1.67 bits per heavy atom. The molecule has 0 amide bonds. The van der Waals surface area contributed by atoms with Crippen LogP contribution >= 0.6 is 0 Å². The van der Waals surface area contributed by atoms with E-state index in [1.165, 1.54) is 0 Å². The molecule has 0 aliphatic carbocycles. The lowest BCUT2D eigenvalue weighted by atomic mass is 10.4. The first-order valence-corrected chi connectivity index (χ1v) is 4.44. The molecule has 0 heterocycles. The number of hydrogen-bond acceptors (Lipinski definition) is 2. The Labute approximate surface area is 60.2 Å². The van der Waals surface area contributed by atoms with E-state index in [0.717, 1.165) is 16.7 Å². The molecule has 0 bridgehead atoms. The Morgan fingerprint density at radius 3 is 2.22 bits per heavy atom. The van der Waals surface area contributed by atoms with Crippen LogP contribution in [0.5, 0.6) is 0 Å². The van der Waals surface area contributed by atoms with E-state index >= 15 is 0 Å². The van der Waals surface area contributed by atoms with Crippen molar-refractivity contribution in [1.82, 2.24) is 0 Å². The molecule has 0 rings (SSSR count). The van der Waals surface area contributed by atoms with Gasteiger partial charge >= 0.3 is 0 Å². The largest absolute Gasteiger partial charge is 0.363 e. The first kappa shape index (κ1) is 9.14. The lowest BCUT2D eigenvalue weighted by Crippen LogP contribution is -2.44. The molecule has 0 spiro atoms. The van der Waals surface area contributed by atoms with Crippen molar-refractivity contribution < 1.29 is 4.74 Å². The standard InChI is InChI=1S/C6H17NOSi/c1-4-6(7,9)8-5(2)3/h5H,4,7H2,1-3,9H3. The Morgan fingerprint density at radius 2 is 2.11 bits per heavy atom. The van der Waals surface area contributed by atoms with Crippen molar-refractivity contribution in [1.29, 1.82) is 0 Å². The smallest absolute Gasteiger partial charge is 0.0923 e. The van der Waals surface area contributed by atoms with Gasteiger partial charge in [0.25, 0.3) is 0 Å². The van der Waals surface area contributed by atoms with Crippen LogP contribution in [0.2, 0.25) is 0 Å². The molecule has 56 valence electrons. The van der Waals surface area contributed by atoms with E-state index in [1.807, 2.05) is 13.8 Å². The summed E-state index contributed by atoms with van der Waals surface area (Å²) >= 11 is 0. The molecule has 0 aliphatic rings. The molecule has 0 aliphatic heterocycles. The molecule has 0 saturated heterocycles. The van der Waals surface area contributed by atoms with Crippen molar-refractivity contribution in [3.63, 3.8) is 0 Å². The van der Waals surface area contributed by atoms with Crippen molar-refractivity contribution in [2.45, 2.75) is 38.6 Å². The molecular formula is C6H17NOSi. The van der Waals surface area contributed by atoms with Crippen LogP contribution in [0.1, 0.15) is 27.2 Å². The zero-order valence-corrected chi connectivity index (χ0v) is 8.77. The number of rotatable bonds is 3. The van der Waals surface area contributed by atoms with Crippen molar-refractivity contribution >= 4 is 10.2 Å². The maximum absolute atomic E-state index is 5.76. The predicted octanol–water partition coefficient (Wildman–Crippen LogP) is -0.201. The molecule has 0 aromatic heterocycles. The lowest BCUT2D eigenvalue weighted by molar-refractivity contribution is -0.0213. The van der Waals surface area contributed by atoms with Gasteiger partial charge in [-0.1, -0.05) is 6.92 Å². The van der Waals surface area contributed by atoms with Gasteiger partial charge in [0, 0.05) is 0 Å². The van der Waals surface area contributed by atoms with Crippen LogP contribution in [-0.4, -0.2) is 21.7 Å². The molecule has 0 radical (unpaired) electrons. The van der Waals surface area contributed by atoms with E-state index in [4.69, 9.17) is 10.5 Å². The van der Waals surface area contributed by atoms with Gasteiger partial charge in [0.05, 0.1) is 21.7 Å². The first-order chi connectivity index (χ1) is 3.98. The van der Waals surface area contributed by atoms with Gasteiger partial charge in [-0.3, -0.25) is 0 Å². The number of hydrogen-bond donors (Lipinski definition) is 1. The van der Waals surface area contributed by atoms with Crippen molar-refractivity contribution in [3.05, 3.63) is 0 Å². The topological polar surface area (TPSA) is 35.2 Å². The second kappa shape index (κ2) is 3.34. The minimum absolute atomic E-state index is 0.257. The molecule has 0 fully saturated rings. The Hall–Kier alpha value is 0.137. The van der Waals surface area contributed by atoms with Crippen LogP contribution in [0, 0.1) is 0 Å². The number of ether oxygens (including phenoxy) is 1. The van der Waals surface area contributed by atoms with Gasteiger partial charge in [0.1, 0.15) is 0 Å². The minimum Gasteiger partial charge on any atom is -0.363 e. The fraction of sp³-hybridized carbons (Fsp3) is 1.00. The van der Waals surface area contributed by atoms with Gasteiger partial charge in [-0.05, 0) is 20.3 Å². The predicted molar refractivity (Wildman–Crippen MR) is 43.4 cm³/mol. The van der Waals surface area contributed by atoms with Gasteiger partial charge in [0.15, 0.2) is 0 Å². The lowest BCUT2D eigenvalue weighted by Gasteiger charge is -2.26. The average molecular weight is 147 g/mol. The summed E-state index contributed by atoms with van der Waals surface area (Å²) in [5.74, 6) is 0. The van der Waals surface area contributed by atoms with Gasteiger partial charge in [-0.25, -0.2) is 0 Å². The summed E-state index contributed by atoms with van der Waals surface area (Å²) in [5, 5.41) is -0.297. The van der Waals surface area contributed by atoms with Crippen LogP contribution in [0.25, 0.3) is 0 Å². The monoisotopic (exact) mass is 147 g/mol. The fourth-order valence-electron chi connectivity index (χ4n) is 0.622. The maximum atomic E-state index is 5.76. The Balaban J connectivity index is 3.58. The molecule has 0 aromatic carbocycles. The van der Waals surface area contributed by atoms with E-state index < -0.39 is 0 Å². The number of nitrogens with two attached hydrogens (primary N) is 1. The molecule has 0 saturated carbocycles. The summed E-state index contributed by atoms with van der Waals surface area (Å²) in [6.07, 6.45) is 1.17. The summed E-state index contributed by atoms with van der Waals surface area (Å²) in [6, 6.07) is 0. The summed E-state index contributed by atoms with van der Waals surface area (Å²) in [6.45, 7) is 6.07. The third-order valence-electron chi connectivity index (χ3n) is 1.21. The molecule has 9 heavy (non-hydrogen) atoms. The van der Waals surface area contributed by atoms with Crippen LogP contribution in [0.3, 0.4) is 0 Å². The van der Waals surface area contributed by atoms with Gasteiger partial charge in [-0.2, -0.15) is 0 Å². The maximum Gasteiger partial charge on any atom is 0.0923 e. The van der Waals surface area contributed by atoms with E-state index in [1.54, 1.807) is 0 Å².